The van der Waals surface area contributed by atoms with Gasteiger partial charge in [0.2, 0.25) is 0 Å². The molecule has 2 atom stereocenters. The van der Waals surface area contributed by atoms with Gasteiger partial charge in [-0.25, -0.2) is 4.57 Å². The first-order chi connectivity index (χ1) is 27.4. The lowest BCUT2D eigenvalue weighted by atomic mass is 10.0. The molecule has 3 N–H and O–H groups in total. The maximum absolute atomic E-state index is 12.6. The van der Waals surface area contributed by atoms with Crippen LogP contribution in [0.5, 0.6) is 0 Å². The van der Waals surface area contributed by atoms with Gasteiger partial charge in [-0.2, -0.15) is 0 Å². The summed E-state index contributed by atoms with van der Waals surface area (Å²) in [6.45, 7) is 5.00. The van der Waals surface area contributed by atoms with Crippen molar-refractivity contribution in [1.82, 2.24) is 0 Å². The minimum absolute atomic E-state index is 0.0898. The molecule has 8 nitrogen and oxygen atoms in total. The van der Waals surface area contributed by atoms with E-state index in [0.29, 0.717) is 13.0 Å². The van der Waals surface area contributed by atoms with Crippen LogP contribution in [0.1, 0.15) is 258 Å². The summed E-state index contributed by atoms with van der Waals surface area (Å²) in [5.41, 5.74) is 5.38. The molecule has 9 heteroatoms. The first-order valence-electron chi connectivity index (χ1n) is 24.5. The molecule has 0 amide bonds. The minimum Gasteiger partial charge on any atom is -0.457 e. The number of nitrogens with two attached hydrogens (primary N) is 1. The number of hydrogen-bond donors (Lipinski definition) is 2. The predicted molar refractivity (Wildman–Crippen MR) is 238 cm³/mol. The van der Waals surface area contributed by atoms with E-state index < -0.39 is 13.9 Å². The number of phosphoric ester groups is 1. The van der Waals surface area contributed by atoms with Crippen LogP contribution in [-0.2, 0) is 27.9 Å². The van der Waals surface area contributed by atoms with Crippen LogP contribution in [0.15, 0.2) is 0 Å². The van der Waals surface area contributed by atoms with Gasteiger partial charge in [0, 0.05) is 19.6 Å². The summed E-state index contributed by atoms with van der Waals surface area (Å²) in [6, 6.07) is 0. The van der Waals surface area contributed by atoms with E-state index in [1.54, 1.807) is 0 Å². The predicted octanol–water partition coefficient (Wildman–Crippen LogP) is 14.9. The van der Waals surface area contributed by atoms with Gasteiger partial charge in [0.15, 0.2) is 0 Å². The second-order valence-corrected chi connectivity index (χ2v) is 18.2. The number of rotatable bonds is 48. The molecule has 56 heavy (non-hydrogen) atoms. The Morgan fingerprint density at radius 1 is 0.464 bits per heavy atom. The summed E-state index contributed by atoms with van der Waals surface area (Å²) in [5.74, 6) is -0.322. The van der Waals surface area contributed by atoms with E-state index in [9.17, 15) is 14.3 Å². The number of esters is 1. The fourth-order valence-corrected chi connectivity index (χ4v) is 8.18. The lowest BCUT2D eigenvalue weighted by Crippen LogP contribution is -2.28. The van der Waals surface area contributed by atoms with E-state index in [1.807, 2.05) is 0 Å². The summed E-state index contributed by atoms with van der Waals surface area (Å²) in [6.07, 6.45) is 48.4. The second-order valence-electron chi connectivity index (χ2n) is 16.7. The highest BCUT2D eigenvalue weighted by molar-refractivity contribution is 7.47. The largest absolute Gasteiger partial charge is 0.472 e. The molecule has 0 saturated heterocycles. The average Bonchev–Trinajstić information content (AvgIpc) is 3.19. The average molecular weight is 818 g/mol. The summed E-state index contributed by atoms with van der Waals surface area (Å²) in [5, 5.41) is 0. The zero-order chi connectivity index (χ0) is 40.9. The third-order valence-electron chi connectivity index (χ3n) is 11.0. The van der Waals surface area contributed by atoms with Crippen LogP contribution in [0.3, 0.4) is 0 Å². The Balaban J connectivity index is 3.90. The molecule has 0 bridgehead atoms. The standard InChI is InChI=1S/C47H96NO7P/c1-3-5-7-9-11-13-15-17-19-21-22-23-25-27-29-31-33-35-37-39-42-52-44-46(45-54-56(50,51)53-43-41-48)55-47(49)40-38-36-34-32-30-28-26-24-20-18-16-14-12-10-8-6-4-2/h46H,3-45,48H2,1-2H3,(H,50,51). The summed E-state index contributed by atoms with van der Waals surface area (Å²) in [4.78, 5) is 22.5. The summed E-state index contributed by atoms with van der Waals surface area (Å²) in [7, 11) is -4.27. The third kappa shape index (κ3) is 44.6. The molecule has 0 saturated carbocycles. The lowest BCUT2D eigenvalue weighted by molar-refractivity contribution is -0.154. The highest BCUT2D eigenvalue weighted by Gasteiger charge is 2.25. The minimum atomic E-state index is -4.27. The van der Waals surface area contributed by atoms with Gasteiger partial charge in [-0.3, -0.25) is 13.8 Å². The molecule has 0 aromatic rings. The number of carbonyl (C=O) groups is 1. The Morgan fingerprint density at radius 3 is 1.12 bits per heavy atom. The Hall–Kier alpha value is -0.500. The molecule has 0 spiro atoms. The number of phosphoric acid groups is 1. The highest BCUT2D eigenvalue weighted by Crippen LogP contribution is 2.43. The molecule has 2 unspecified atom stereocenters. The van der Waals surface area contributed by atoms with Crippen LogP contribution in [0, 0.1) is 0 Å². The van der Waals surface area contributed by atoms with Crippen molar-refractivity contribution in [3.05, 3.63) is 0 Å². The van der Waals surface area contributed by atoms with E-state index >= 15 is 0 Å². The van der Waals surface area contributed by atoms with Crippen molar-refractivity contribution >= 4 is 13.8 Å². The monoisotopic (exact) mass is 818 g/mol. The fraction of sp³-hybridized carbons (Fsp3) is 0.979. The molecule has 0 aromatic heterocycles. The van der Waals surface area contributed by atoms with Crippen LogP contribution >= 0.6 is 7.82 Å². The van der Waals surface area contributed by atoms with E-state index in [2.05, 4.69) is 13.8 Å². The van der Waals surface area contributed by atoms with E-state index in [0.717, 1.165) is 32.1 Å². The molecule has 336 valence electrons. The van der Waals surface area contributed by atoms with E-state index in [1.165, 1.54) is 205 Å². The van der Waals surface area contributed by atoms with Crippen molar-refractivity contribution < 1.29 is 32.8 Å². The van der Waals surface area contributed by atoms with Crippen LogP contribution in [-0.4, -0.2) is 49.9 Å². The van der Waals surface area contributed by atoms with Crippen LogP contribution in [0.4, 0.5) is 0 Å². The molecule has 0 aliphatic carbocycles. The van der Waals surface area contributed by atoms with Gasteiger partial charge in [0.25, 0.3) is 0 Å². The molecular formula is C47H96NO7P. The number of carbonyl (C=O) groups excluding carboxylic acids is 1. The summed E-state index contributed by atoms with van der Waals surface area (Å²) < 4.78 is 33.6. The van der Waals surface area contributed by atoms with Crippen LogP contribution in [0.2, 0.25) is 0 Å². The Bertz CT molecular complexity index is 832. The summed E-state index contributed by atoms with van der Waals surface area (Å²) >= 11 is 0. The first-order valence-corrected chi connectivity index (χ1v) is 26.0. The van der Waals surface area contributed by atoms with E-state index in [4.69, 9.17) is 24.3 Å². The van der Waals surface area contributed by atoms with Crippen LogP contribution in [0.25, 0.3) is 0 Å². The Morgan fingerprint density at radius 2 is 0.786 bits per heavy atom. The first kappa shape index (κ1) is 55.5. The highest BCUT2D eigenvalue weighted by atomic mass is 31.2. The fourth-order valence-electron chi connectivity index (χ4n) is 7.41. The zero-order valence-electron chi connectivity index (χ0n) is 37.4. The maximum Gasteiger partial charge on any atom is 0.472 e. The Kier molecular flexibility index (Phi) is 45.2. The molecule has 0 heterocycles. The van der Waals surface area contributed by atoms with E-state index in [-0.39, 0.29) is 32.3 Å². The van der Waals surface area contributed by atoms with Gasteiger partial charge in [-0.1, -0.05) is 239 Å². The molecule has 0 fully saturated rings. The van der Waals surface area contributed by atoms with Gasteiger partial charge >= 0.3 is 13.8 Å². The number of hydrogen-bond acceptors (Lipinski definition) is 7. The SMILES string of the molecule is CCCCCCCCCCCCCCCCCCCCCCOCC(COP(=O)(O)OCCN)OC(=O)CCCCCCCCCCCCCCCCCCC. The van der Waals surface area contributed by atoms with Gasteiger partial charge in [-0.05, 0) is 12.8 Å². The molecular weight excluding hydrogens is 721 g/mol. The Labute approximate surface area is 348 Å². The third-order valence-corrected chi connectivity index (χ3v) is 12.0. The smallest absolute Gasteiger partial charge is 0.457 e. The molecule has 0 aliphatic rings. The quantitative estimate of drug-likeness (QED) is 0.0354. The second kappa shape index (κ2) is 45.6. The molecule has 0 aromatic carbocycles. The zero-order valence-corrected chi connectivity index (χ0v) is 38.3. The van der Waals surface area contributed by atoms with Crippen molar-refractivity contribution in [1.29, 1.82) is 0 Å². The van der Waals surface area contributed by atoms with Crippen molar-refractivity contribution in [3.8, 4) is 0 Å². The van der Waals surface area contributed by atoms with Gasteiger partial charge in [0.05, 0.1) is 19.8 Å². The van der Waals surface area contributed by atoms with Gasteiger partial charge in [0.1, 0.15) is 6.10 Å². The van der Waals surface area contributed by atoms with Crippen molar-refractivity contribution in [2.24, 2.45) is 5.73 Å². The number of unbranched alkanes of at least 4 members (excludes halogenated alkanes) is 35. The van der Waals surface area contributed by atoms with Crippen LogP contribution < -0.4 is 5.73 Å². The normalized spacial score (nSPS) is 13.3. The molecule has 0 rings (SSSR count). The van der Waals surface area contributed by atoms with Gasteiger partial charge < -0.3 is 20.1 Å². The van der Waals surface area contributed by atoms with Crippen molar-refractivity contribution in [3.63, 3.8) is 0 Å². The van der Waals surface area contributed by atoms with Gasteiger partial charge in [-0.15, -0.1) is 0 Å². The number of ether oxygens (including phenoxy) is 2. The van der Waals surface area contributed by atoms with Crippen molar-refractivity contribution in [2.45, 2.75) is 264 Å². The molecule has 0 radical (unpaired) electrons. The van der Waals surface area contributed by atoms with Crippen molar-refractivity contribution in [2.75, 3.05) is 33.0 Å². The topological polar surface area (TPSA) is 117 Å². The molecule has 0 aliphatic heterocycles. The maximum atomic E-state index is 12.6. The lowest BCUT2D eigenvalue weighted by Gasteiger charge is -2.20.